The number of carbonyl (C=O) groups is 1. The number of hydrogen-bond donors (Lipinski definition) is 1. The van der Waals surface area contributed by atoms with Crippen LogP contribution in [0.2, 0.25) is 0 Å². The van der Waals surface area contributed by atoms with E-state index in [2.05, 4.69) is 25.6 Å². The average molecular weight is 463 g/mol. The number of aliphatic hydroxyl groups is 1. The fraction of sp³-hybridized carbons (Fsp3) is 0.276. The van der Waals surface area contributed by atoms with E-state index in [0.717, 1.165) is 23.6 Å². The maximum atomic E-state index is 15.3. The molecule has 34 heavy (non-hydrogen) atoms. The lowest BCUT2D eigenvalue weighted by molar-refractivity contribution is -0.138. The predicted molar refractivity (Wildman–Crippen MR) is 133 cm³/mol. The van der Waals surface area contributed by atoms with E-state index in [0.29, 0.717) is 22.4 Å². The van der Waals surface area contributed by atoms with Gasteiger partial charge in [0.1, 0.15) is 24.8 Å². The van der Waals surface area contributed by atoms with Gasteiger partial charge in [-0.05, 0) is 53.3 Å². The predicted octanol–water partition coefficient (Wildman–Crippen LogP) is 6.49. The van der Waals surface area contributed by atoms with Gasteiger partial charge in [0.2, 0.25) is 0 Å². The molecule has 0 fully saturated rings. The third-order valence-corrected chi connectivity index (χ3v) is 5.59. The van der Waals surface area contributed by atoms with Crippen LogP contribution in [0.5, 0.6) is 5.75 Å². The maximum Gasteiger partial charge on any atom is 0.330 e. The second-order valence-electron chi connectivity index (χ2n) is 8.05. The molecular formula is C29H31FO4. The molecular weight excluding hydrogens is 431 g/mol. The number of ether oxygens (including phenoxy) is 2. The van der Waals surface area contributed by atoms with E-state index >= 15 is 4.39 Å². The summed E-state index contributed by atoms with van der Waals surface area (Å²) in [5, 5.41) is 9.00. The fourth-order valence-corrected chi connectivity index (χ4v) is 3.77. The molecule has 4 nitrogen and oxygen atoms in total. The average Bonchev–Trinajstić information content (AvgIpc) is 2.86. The lowest BCUT2D eigenvalue weighted by Crippen LogP contribution is -2.05. The highest BCUT2D eigenvalue weighted by Gasteiger charge is 2.14. The van der Waals surface area contributed by atoms with Crippen molar-refractivity contribution in [3.05, 3.63) is 90.3 Å². The van der Waals surface area contributed by atoms with Crippen molar-refractivity contribution in [2.24, 2.45) is 0 Å². The summed E-state index contributed by atoms with van der Waals surface area (Å²) in [5.41, 5.74) is 4.63. The lowest BCUT2D eigenvalue weighted by Gasteiger charge is -2.14. The molecule has 0 heterocycles. The van der Waals surface area contributed by atoms with E-state index in [9.17, 15) is 4.79 Å². The second kappa shape index (κ2) is 12.7. The molecule has 0 saturated carbocycles. The van der Waals surface area contributed by atoms with Crippen molar-refractivity contribution in [3.63, 3.8) is 0 Å². The molecule has 0 atom stereocenters. The van der Waals surface area contributed by atoms with E-state index in [1.807, 2.05) is 18.2 Å². The quantitative estimate of drug-likeness (QED) is 0.190. The van der Waals surface area contributed by atoms with Crippen LogP contribution in [0.25, 0.3) is 22.3 Å². The first-order valence-electron chi connectivity index (χ1n) is 11.6. The number of unbranched alkanes of at least 4 members (excludes halogenated alkanes) is 2. The number of aliphatic hydroxyl groups excluding tert-OH is 1. The molecule has 0 radical (unpaired) electrons. The zero-order chi connectivity index (χ0) is 24.3. The first-order valence-corrected chi connectivity index (χ1v) is 11.6. The van der Waals surface area contributed by atoms with Gasteiger partial charge in [0.25, 0.3) is 0 Å². The number of benzene rings is 3. The number of hydrogen-bond acceptors (Lipinski definition) is 4. The van der Waals surface area contributed by atoms with Gasteiger partial charge in [-0.15, -0.1) is 0 Å². The van der Waals surface area contributed by atoms with Crippen molar-refractivity contribution in [1.82, 2.24) is 0 Å². The van der Waals surface area contributed by atoms with E-state index in [1.165, 1.54) is 30.9 Å². The van der Waals surface area contributed by atoms with Crippen molar-refractivity contribution < 1.29 is 23.8 Å². The Balaban J connectivity index is 1.86. The Morgan fingerprint density at radius 2 is 1.74 bits per heavy atom. The van der Waals surface area contributed by atoms with Crippen LogP contribution in [0.3, 0.4) is 0 Å². The number of halogens is 1. The molecule has 0 aliphatic carbocycles. The van der Waals surface area contributed by atoms with Gasteiger partial charge in [-0.1, -0.05) is 68.8 Å². The van der Waals surface area contributed by atoms with Crippen LogP contribution in [0.15, 0.2) is 73.3 Å². The second-order valence-corrected chi connectivity index (χ2v) is 8.05. The van der Waals surface area contributed by atoms with E-state index in [-0.39, 0.29) is 25.6 Å². The third kappa shape index (κ3) is 6.78. The minimum atomic E-state index is -0.568. The fourth-order valence-electron chi connectivity index (χ4n) is 3.77. The monoisotopic (exact) mass is 462 g/mol. The van der Waals surface area contributed by atoms with Crippen LogP contribution >= 0.6 is 0 Å². The zero-order valence-corrected chi connectivity index (χ0v) is 19.6. The minimum absolute atomic E-state index is 0.0583. The van der Waals surface area contributed by atoms with Gasteiger partial charge >= 0.3 is 5.97 Å². The van der Waals surface area contributed by atoms with Crippen molar-refractivity contribution in [1.29, 1.82) is 0 Å². The summed E-state index contributed by atoms with van der Waals surface area (Å²) >= 11 is 0. The summed E-state index contributed by atoms with van der Waals surface area (Å²) in [5.74, 6) is -0.440. The van der Waals surface area contributed by atoms with Crippen molar-refractivity contribution in [3.8, 4) is 28.0 Å². The molecule has 0 aliphatic heterocycles. The Hall–Kier alpha value is -3.44. The molecule has 0 unspecified atom stereocenters. The zero-order valence-electron chi connectivity index (χ0n) is 19.6. The number of carbonyl (C=O) groups excluding carboxylic acids is 1. The number of aryl methyl sites for hydroxylation is 1. The van der Waals surface area contributed by atoms with Crippen molar-refractivity contribution in [2.45, 2.75) is 39.2 Å². The van der Waals surface area contributed by atoms with E-state index in [4.69, 9.17) is 14.6 Å². The summed E-state index contributed by atoms with van der Waals surface area (Å²) in [4.78, 5) is 11.6. The van der Waals surface area contributed by atoms with Gasteiger partial charge < -0.3 is 14.6 Å². The van der Waals surface area contributed by atoms with Gasteiger partial charge in [0, 0.05) is 17.2 Å². The summed E-state index contributed by atoms with van der Waals surface area (Å²) in [6, 6.07) is 18.5. The number of esters is 1. The Kier molecular flexibility index (Phi) is 9.41. The molecule has 0 saturated heterocycles. The van der Waals surface area contributed by atoms with E-state index in [1.54, 1.807) is 24.3 Å². The molecule has 5 heteroatoms. The molecule has 0 spiro atoms. The van der Waals surface area contributed by atoms with Crippen LogP contribution in [-0.4, -0.2) is 24.3 Å². The van der Waals surface area contributed by atoms with Crippen molar-refractivity contribution >= 4 is 5.97 Å². The molecule has 0 aliphatic rings. The summed E-state index contributed by atoms with van der Waals surface area (Å²) < 4.78 is 25.9. The summed E-state index contributed by atoms with van der Waals surface area (Å²) in [6.45, 7) is 5.54. The number of rotatable bonds is 12. The van der Waals surface area contributed by atoms with Gasteiger partial charge in [-0.2, -0.15) is 0 Å². The van der Waals surface area contributed by atoms with Crippen LogP contribution in [0.4, 0.5) is 4.39 Å². The Morgan fingerprint density at radius 1 is 1.00 bits per heavy atom. The van der Waals surface area contributed by atoms with Crippen LogP contribution in [-0.2, 0) is 22.6 Å². The lowest BCUT2D eigenvalue weighted by atomic mass is 9.95. The highest BCUT2D eigenvalue weighted by molar-refractivity contribution is 5.81. The minimum Gasteiger partial charge on any atom is -0.491 e. The summed E-state index contributed by atoms with van der Waals surface area (Å²) in [6.07, 6.45) is 5.72. The molecule has 3 aromatic carbocycles. The largest absolute Gasteiger partial charge is 0.491 e. The first-order chi connectivity index (χ1) is 16.5. The molecule has 3 rings (SSSR count). The normalized spacial score (nSPS) is 10.7. The first kappa shape index (κ1) is 25.2. The summed E-state index contributed by atoms with van der Waals surface area (Å²) in [7, 11) is 0. The Bertz CT molecular complexity index is 1110. The Morgan fingerprint density at radius 3 is 2.41 bits per heavy atom. The molecule has 178 valence electrons. The van der Waals surface area contributed by atoms with Gasteiger partial charge in [0.15, 0.2) is 0 Å². The highest BCUT2D eigenvalue weighted by Crippen LogP contribution is 2.33. The smallest absolute Gasteiger partial charge is 0.330 e. The van der Waals surface area contributed by atoms with Gasteiger partial charge in [0.05, 0.1) is 6.61 Å². The highest BCUT2D eigenvalue weighted by atomic mass is 19.1. The van der Waals surface area contributed by atoms with Crippen LogP contribution in [0.1, 0.15) is 37.3 Å². The molecule has 0 bridgehead atoms. The van der Waals surface area contributed by atoms with Gasteiger partial charge in [-0.3, -0.25) is 0 Å². The molecule has 1 N–H and O–H groups in total. The topological polar surface area (TPSA) is 55.8 Å². The van der Waals surface area contributed by atoms with E-state index < -0.39 is 5.97 Å². The Labute approximate surface area is 200 Å². The maximum absolute atomic E-state index is 15.3. The van der Waals surface area contributed by atoms with Crippen molar-refractivity contribution in [2.75, 3.05) is 13.2 Å². The SMILES string of the molecule is C=CC(=O)OCc1cc(OCCO)ccc1-c1ccc(-c2ccc(CCCCC)cc2)cc1F. The molecule has 0 amide bonds. The van der Waals surface area contributed by atoms with Crippen LogP contribution in [0, 0.1) is 5.82 Å². The van der Waals surface area contributed by atoms with Gasteiger partial charge in [-0.25, -0.2) is 9.18 Å². The third-order valence-electron chi connectivity index (χ3n) is 5.59. The molecule has 0 aromatic heterocycles. The standard InChI is InChI=1S/C29H31FO4/c1-3-5-6-7-21-8-10-22(11-9-21)23-12-14-27(28(30)19-23)26-15-13-25(33-17-16-31)18-24(26)20-34-29(32)4-2/h4,8-15,18-19,31H,2-3,5-7,16-17,20H2,1H3. The molecule has 3 aromatic rings. The van der Waals surface area contributed by atoms with Crippen LogP contribution < -0.4 is 4.74 Å².